The summed E-state index contributed by atoms with van der Waals surface area (Å²) < 4.78 is 36.2. The molecule has 0 bridgehead atoms. The maximum atomic E-state index is 15.4. The normalized spacial score (nSPS) is 17.0. The smallest absolute Gasteiger partial charge is 0.259 e. The van der Waals surface area contributed by atoms with Crippen LogP contribution < -0.4 is 5.32 Å². The van der Waals surface area contributed by atoms with Gasteiger partial charge in [-0.15, -0.1) is 0 Å². The molecule has 2 aliphatic heterocycles. The number of benzene rings is 1. The van der Waals surface area contributed by atoms with Crippen LogP contribution in [0.1, 0.15) is 35.8 Å². The first kappa shape index (κ1) is 26.1. The van der Waals surface area contributed by atoms with Crippen LogP contribution in [0.4, 0.5) is 14.6 Å². The van der Waals surface area contributed by atoms with Crippen LogP contribution in [-0.2, 0) is 11.2 Å². The summed E-state index contributed by atoms with van der Waals surface area (Å²) in [5.41, 5.74) is 2.24. The quantitative estimate of drug-likeness (QED) is 0.524. The molecule has 5 rings (SSSR count). The van der Waals surface area contributed by atoms with Crippen molar-refractivity contribution in [1.29, 1.82) is 0 Å². The average Bonchev–Trinajstić information content (AvgIpc) is 2.97. The molecule has 2 fully saturated rings. The molecule has 1 amide bonds. The van der Waals surface area contributed by atoms with Crippen LogP contribution in [0.2, 0.25) is 0 Å². The van der Waals surface area contributed by atoms with Crippen LogP contribution in [0.3, 0.4) is 0 Å². The lowest BCUT2D eigenvalue weighted by Gasteiger charge is -2.40. The van der Waals surface area contributed by atoms with Crippen molar-refractivity contribution in [3.63, 3.8) is 0 Å². The summed E-state index contributed by atoms with van der Waals surface area (Å²) in [5, 5.41) is 2.97. The average molecular weight is 523 g/mol. The Kier molecular flexibility index (Phi) is 7.90. The van der Waals surface area contributed by atoms with E-state index in [0.29, 0.717) is 55.8 Å². The number of nitrogens with zero attached hydrogens (tertiary/aromatic N) is 5. The van der Waals surface area contributed by atoms with Gasteiger partial charge in [-0.25, -0.2) is 23.7 Å². The monoisotopic (exact) mass is 522 g/mol. The van der Waals surface area contributed by atoms with E-state index in [1.807, 2.05) is 19.1 Å². The number of amides is 1. The Morgan fingerprint density at radius 3 is 2.34 bits per heavy atom. The van der Waals surface area contributed by atoms with E-state index in [1.165, 1.54) is 18.5 Å². The topological polar surface area (TPSA) is 83.5 Å². The maximum absolute atomic E-state index is 15.4. The number of rotatable bonds is 6. The van der Waals surface area contributed by atoms with Crippen LogP contribution >= 0.6 is 0 Å². The van der Waals surface area contributed by atoms with E-state index in [9.17, 15) is 4.79 Å². The highest BCUT2D eigenvalue weighted by Crippen LogP contribution is 2.34. The number of carbonyl (C=O) groups excluding carboxylic acids is 1. The van der Waals surface area contributed by atoms with E-state index in [0.717, 1.165) is 37.2 Å². The summed E-state index contributed by atoms with van der Waals surface area (Å²) in [4.78, 5) is 30.3. The first-order valence-corrected chi connectivity index (χ1v) is 13.1. The van der Waals surface area contributed by atoms with Crippen LogP contribution in [0.5, 0.6) is 0 Å². The number of pyridine rings is 1. The summed E-state index contributed by atoms with van der Waals surface area (Å²) in [5.74, 6) is -1.71. The zero-order valence-corrected chi connectivity index (χ0v) is 21.7. The van der Waals surface area contributed by atoms with Crippen molar-refractivity contribution < 1.29 is 18.3 Å². The second-order valence-corrected chi connectivity index (χ2v) is 9.57. The second-order valence-electron chi connectivity index (χ2n) is 9.57. The largest absolute Gasteiger partial charge is 0.379 e. The van der Waals surface area contributed by atoms with Crippen molar-refractivity contribution in [2.45, 2.75) is 32.2 Å². The predicted octanol–water partition coefficient (Wildman–Crippen LogP) is 4.02. The number of hydrogen-bond acceptors (Lipinski definition) is 7. The molecular weight excluding hydrogens is 490 g/mol. The van der Waals surface area contributed by atoms with Crippen molar-refractivity contribution in [3.8, 4) is 22.4 Å². The maximum Gasteiger partial charge on any atom is 0.259 e. The van der Waals surface area contributed by atoms with Gasteiger partial charge in [-0.1, -0.05) is 6.92 Å². The molecule has 8 nitrogen and oxygen atoms in total. The van der Waals surface area contributed by atoms with Gasteiger partial charge in [0.15, 0.2) is 0 Å². The Bertz CT molecular complexity index is 1270. The summed E-state index contributed by atoms with van der Waals surface area (Å²) in [6, 6.07) is 6.43. The third kappa shape index (κ3) is 5.23. The molecule has 38 heavy (non-hydrogen) atoms. The van der Waals surface area contributed by atoms with E-state index in [1.54, 1.807) is 18.1 Å². The van der Waals surface area contributed by atoms with E-state index >= 15 is 8.78 Å². The molecule has 0 unspecified atom stereocenters. The fraction of sp³-hybridized carbons (Fsp3) is 0.429. The van der Waals surface area contributed by atoms with E-state index in [2.05, 4.69) is 25.2 Å². The lowest BCUT2D eigenvalue weighted by Crippen LogP contribution is -2.50. The Morgan fingerprint density at radius 1 is 1.03 bits per heavy atom. The van der Waals surface area contributed by atoms with Gasteiger partial charge in [0.05, 0.1) is 24.6 Å². The molecule has 2 aliphatic rings. The van der Waals surface area contributed by atoms with Crippen molar-refractivity contribution in [2.24, 2.45) is 0 Å². The number of likely N-dealkylation sites (tertiary alicyclic amines) is 1. The van der Waals surface area contributed by atoms with Crippen LogP contribution in [0.15, 0.2) is 36.8 Å². The molecule has 0 atom stereocenters. The van der Waals surface area contributed by atoms with Crippen molar-refractivity contribution in [2.75, 3.05) is 51.8 Å². The third-order valence-electron chi connectivity index (χ3n) is 7.41. The molecule has 2 saturated heterocycles. The highest BCUT2D eigenvalue weighted by molar-refractivity contribution is 5.95. The highest BCUT2D eigenvalue weighted by atomic mass is 19.1. The van der Waals surface area contributed by atoms with Gasteiger partial charge < -0.3 is 15.0 Å². The summed E-state index contributed by atoms with van der Waals surface area (Å²) in [6.07, 6.45) is 5.22. The van der Waals surface area contributed by atoms with E-state index < -0.39 is 23.1 Å². The van der Waals surface area contributed by atoms with Crippen molar-refractivity contribution >= 4 is 11.7 Å². The molecule has 1 N–H and O–H groups in total. The number of ether oxygens (including phenoxy) is 1. The van der Waals surface area contributed by atoms with Gasteiger partial charge in [0.25, 0.3) is 5.91 Å². The molecular formula is C28H32F2N6O2. The zero-order chi connectivity index (χ0) is 26.6. The van der Waals surface area contributed by atoms with Gasteiger partial charge >= 0.3 is 0 Å². The number of halogens is 2. The molecule has 10 heteroatoms. The lowest BCUT2D eigenvalue weighted by atomic mass is 9.96. The number of piperidine rings is 1. The summed E-state index contributed by atoms with van der Waals surface area (Å²) in [7, 11) is 1.78. The second kappa shape index (κ2) is 11.5. The minimum atomic E-state index is -0.897. The standard InChI is InChI=1S/C28H32F2N6O2/c1-3-23-25(18-4-5-24(31-2)32-16-18)27(34-17-33-23)19-14-21(29)26(22(30)15-19)28(37)36-8-6-20(7-9-36)35-10-12-38-13-11-35/h4-5,14-17,20H,3,6-13H2,1-2H3,(H,31,32). The molecule has 0 radical (unpaired) electrons. The minimum Gasteiger partial charge on any atom is -0.379 e. The molecule has 0 saturated carbocycles. The molecule has 0 spiro atoms. The van der Waals surface area contributed by atoms with E-state index in [4.69, 9.17) is 4.74 Å². The zero-order valence-electron chi connectivity index (χ0n) is 21.7. The van der Waals surface area contributed by atoms with E-state index in [-0.39, 0.29) is 5.56 Å². The Hall–Kier alpha value is -3.50. The van der Waals surface area contributed by atoms with Crippen LogP contribution in [-0.4, -0.2) is 83.1 Å². The predicted molar refractivity (Wildman–Crippen MR) is 141 cm³/mol. The number of hydrogen-bond donors (Lipinski definition) is 1. The number of aromatic nitrogens is 3. The lowest BCUT2D eigenvalue weighted by molar-refractivity contribution is 0.00149. The van der Waals surface area contributed by atoms with Gasteiger partial charge in [-0.05, 0) is 43.5 Å². The number of carbonyl (C=O) groups is 1. The first-order valence-electron chi connectivity index (χ1n) is 13.1. The molecule has 4 heterocycles. The number of aryl methyl sites for hydroxylation is 1. The van der Waals surface area contributed by atoms with Crippen LogP contribution in [0, 0.1) is 11.6 Å². The third-order valence-corrected chi connectivity index (χ3v) is 7.41. The Labute approximate surface area is 221 Å². The molecule has 0 aliphatic carbocycles. The van der Waals surface area contributed by atoms with Crippen LogP contribution in [0.25, 0.3) is 22.4 Å². The first-order chi connectivity index (χ1) is 18.5. The molecule has 3 aromatic rings. The summed E-state index contributed by atoms with van der Waals surface area (Å²) >= 11 is 0. The van der Waals surface area contributed by atoms with Gasteiger partial charge in [-0.3, -0.25) is 9.69 Å². The fourth-order valence-corrected chi connectivity index (χ4v) is 5.35. The van der Waals surface area contributed by atoms with Gasteiger partial charge in [0.1, 0.15) is 29.3 Å². The molecule has 2 aromatic heterocycles. The Balaban J connectivity index is 1.41. The van der Waals surface area contributed by atoms with Crippen molar-refractivity contribution in [1.82, 2.24) is 24.8 Å². The molecule has 200 valence electrons. The SMILES string of the molecule is CCc1ncnc(-c2cc(F)c(C(=O)N3CCC(N4CCOCC4)CC3)c(F)c2)c1-c1ccc(NC)nc1. The summed E-state index contributed by atoms with van der Waals surface area (Å²) in [6.45, 7) is 6.07. The number of anilines is 1. The molecule has 1 aromatic carbocycles. The van der Waals surface area contributed by atoms with Gasteiger partial charge in [0, 0.05) is 62.2 Å². The fourth-order valence-electron chi connectivity index (χ4n) is 5.35. The number of nitrogens with one attached hydrogen (secondary N) is 1. The highest BCUT2D eigenvalue weighted by Gasteiger charge is 2.31. The van der Waals surface area contributed by atoms with Crippen molar-refractivity contribution in [3.05, 3.63) is 59.7 Å². The van der Waals surface area contributed by atoms with Gasteiger partial charge in [0.2, 0.25) is 0 Å². The van der Waals surface area contributed by atoms with Gasteiger partial charge in [-0.2, -0.15) is 0 Å². The minimum absolute atomic E-state index is 0.243. The number of morpholine rings is 1. The Morgan fingerprint density at radius 2 is 1.74 bits per heavy atom.